The Kier molecular flexibility index (Phi) is 4.46. The van der Waals surface area contributed by atoms with Gasteiger partial charge in [0.15, 0.2) is 0 Å². The van der Waals surface area contributed by atoms with Gasteiger partial charge >= 0.3 is 12.1 Å². The first-order chi connectivity index (χ1) is 7.43. The molecule has 0 aromatic rings. The van der Waals surface area contributed by atoms with Crippen molar-refractivity contribution in [1.29, 1.82) is 0 Å². The Labute approximate surface area is 99.1 Å². The number of thioether (sulfide) groups is 1. The minimum atomic E-state index is -0.973. The summed E-state index contributed by atoms with van der Waals surface area (Å²) in [5, 5.41) is 8.91. The van der Waals surface area contributed by atoms with Crippen molar-refractivity contribution in [3.8, 4) is 0 Å². The van der Waals surface area contributed by atoms with Crippen LogP contribution in [0.4, 0.5) is 4.79 Å². The number of amides is 1. The summed E-state index contributed by atoms with van der Waals surface area (Å²) in [5.74, 6) is 0.0721. The lowest BCUT2D eigenvalue weighted by molar-refractivity contribution is -0.141. The number of rotatable bonds is 3. The normalized spacial score (nSPS) is 22.2. The SMILES string of the molecule is CC(C)C(C)OC(=O)N1CSC[C@@H]1C(=O)O. The van der Waals surface area contributed by atoms with E-state index >= 15 is 0 Å². The van der Waals surface area contributed by atoms with Crippen LogP contribution in [-0.4, -0.2) is 45.8 Å². The van der Waals surface area contributed by atoms with E-state index in [0.717, 1.165) is 0 Å². The molecule has 2 atom stereocenters. The maximum Gasteiger partial charge on any atom is 0.411 e. The van der Waals surface area contributed by atoms with Gasteiger partial charge in [-0.25, -0.2) is 9.59 Å². The molecule has 0 saturated carbocycles. The van der Waals surface area contributed by atoms with Crippen LogP contribution in [0.25, 0.3) is 0 Å². The smallest absolute Gasteiger partial charge is 0.411 e. The summed E-state index contributed by atoms with van der Waals surface area (Å²) in [7, 11) is 0. The Hall–Kier alpha value is -0.910. The van der Waals surface area contributed by atoms with Crippen LogP contribution >= 0.6 is 11.8 Å². The topological polar surface area (TPSA) is 66.8 Å². The lowest BCUT2D eigenvalue weighted by Gasteiger charge is -2.24. The Morgan fingerprint density at radius 2 is 2.06 bits per heavy atom. The van der Waals surface area contributed by atoms with Gasteiger partial charge in [0.1, 0.15) is 12.1 Å². The Bertz CT molecular complexity index is 282. The van der Waals surface area contributed by atoms with Gasteiger partial charge in [-0.3, -0.25) is 4.90 Å². The van der Waals surface area contributed by atoms with E-state index in [1.165, 1.54) is 16.7 Å². The number of nitrogens with zero attached hydrogens (tertiary/aromatic N) is 1. The van der Waals surface area contributed by atoms with E-state index in [2.05, 4.69) is 0 Å². The molecule has 1 unspecified atom stereocenters. The number of aliphatic carboxylic acids is 1. The second kappa shape index (κ2) is 5.43. The van der Waals surface area contributed by atoms with Crippen molar-refractivity contribution in [2.75, 3.05) is 11.6 Å². The average molecular weight is 247 g/mol. The minimum absolute atomic E-state index is 0.201. The first kappa shape index (κ1) is 13.2. The van der Waals surface area contributed by atoms with Gasteiger partial charge in [-0.2, -0.15) is 0 Å². The number of carbonyl (C=O) groups excluding carboxylic acids is 1. The molecule has 0 aromatic heterocycles. The van der Waals surface area contributed by atoms with Gasteiger partial charge in [0.2, 0.25) is 0 Å². The third-order valence-corrected chi connectivity index (χ3v) is 3.64. The van der Waals surface area contributed by atoms with Crippen molar-refractivity contribution >= 4 is 23.8 Å². The Morgan fingerprint density at radius 1 is 1.44 bits per heavy atom. The third-order valence-electron chi connectivity index (χ3n) is 2.63. The predicted octanol–water partition coefficient (Wildman–Crippen LogP) is 1.63. The summed E-state index contributed by atoms with van der Waals surface area (Å²) in [6.45, 7) is 5.71. The molecule has 1 fully saturated rings. The van der Waals surface area contributed by atoms with Gasteiger partial charge in [-0.1, -0.05) is 13.8 Å². The van der Waals surface area contributed by atoms with E-state index in [4.69, 9.17) is 9.84 Å². The summed E-state index contributed by atoms with van der Waals surface area (Å²) < 4.78 is 5.19. The highest BCUT2D eigenvalue weighted by Crippen LogP contribution is 2.22. The number of hydrogen-bond donors (Lipinski definition) is 1. The molecule has 5 nitrogen and oxygen atoms in total. The largest absolute Gasteiger partial charge is 0.480 e. The second-order valence-electron chi connectivity index (χ2n) is 4.16. The summed E-state index contributed by atoms with van der Waals surface area (Å²) in [4.78, 5) is 23.8. The molecule has 92 valence electrons. The second-order valence-corrected chi connectivity index (χ2v) is 5.16. The summed E-state index contributed by atoms with van der Waals surface area (Å²) >= 11 is 1.43. The Morgan fingerprint density at radius 3 is 2.56 bits per heavy atom. The highest BCUT2D eigenvalue weighted by atomic mass is 32.2. The number of carbonyl (C=O) groups is 2. The summed E-state index contributed by atoms with van der Waals surface area (Å²) in [5.41, 5.74) is 0. The van der Waals surface area contributed by atoms with Crippen molar-refractivity contribution in [1.82, 2.24) is 4.90 Å². The van der Waals surface area contributed by atoms with Crippen LogP contribution in [0.15, 0.2) is 0 Å². The zero-order valence-electron chi connectivity index (χ0n) is 9.67. The van der Waals surface area contributed by atoms with Gasteiger partial charge in [0.05, 0.1) is 5.88 Å². The minimum Gasteiger partial charge on any atom is -0.480 e. The van der Waals surface area contributed by atoms with E-state index < -0.39 is 18.1 Å². The van der Waals surface area contributed by atoms with Crippen LogP contribution in [0.1, 0.15) is 20.8 Å². The van der Waals surface area contributed by atoms with Gasteiger partial charge in [-0.15, -0.1) is 11.8 Å². The fraction of sp³-hybridized carbons (Fsp3) is 0.800. The first-order valence-electron chi connectivity index (χ1n) is 5.21. The summed E-state index contributed by atoms with van der Waals surface area (Å²) in [6, 6.07) is -0.753. The number of carboxylic acid groups (broad SMARTS) is 1. The molecule has 1 saturated heterocycles. The summed E-state index contributed by atoms with van der Waals surface area (Å²) in [6.07, 6.45) is -0.730. The molecular formula is C10H17NO4S. The maximum absolute atomic E-state index is 11.7. The van der Waals surface area contributed by atoms with Crippen molar-refractivity contribution in [2.45, 2.75) is 32.9 Å². The molecule has 1 aliphatic heterocycles. The van der Waals surface area contributed by atoms with Crippen LogP contribution < -0.4 is 0 Å². The van der Waals surface area contributed by atoms with E-state index in [0.29, 0.717) is 11.6 Å². The Balaban J connectivity index is 2.56. The molecule has 0 bridgehead atoms. The van der Waals surface area contributed by atoms with E-state index in [9.17, 15) is 9.59 Å². The number of ether oxygens (including phenoxy) is 1. The fourth-order valence-electron chi connectivity index (χ4n) is 1.19. The highest BCUT2D eigenvalue weighted by Gasteiger charge is 2.36. The van der Waals surface area contributed by atoms with Crippen molar-refractivity contribution in [3.63, 3.8) is 0 Å². The van der Waals surface area contributed by atoms with Crippen LogP contribution in [0.5, 0.6) is 0 Å². The fourth-order valence-corrected chi connectivity index (χ4v) is 2.32. The molecule has 1 rings (SSSR count). The quantitative estimate of drug-likeness (QED) is 0.821. The van der Waals surface area contributed by atoms with Gasteiger partial charge in [-0.05, 0) is 12.8 Å². The highest BCUT2D eigenvalue weighted by molar-refractivity contribution is 7.99. The third kappa shape index (κ3) is 3.04. The van der Waals surface area contributed by atoms with Crippen molar-refractivity contribution < 1.29 is 19.4 Å². The molecule has 0 spiro atoms. The lowest BCUT2D eigenvalue weighted by Crippen LogP contribution is -2.43. The van der Waals surface area contributed by atoms with Crippen LogP contribution in [0.2, 0.25) is 0 Å². The average Bonchev–Trinajstić information content (AvgIpc) is 2.65. The van der Waals surface area contributed by atoms with Gasteiger partial charge in [0.25, 0.3) is 0 Å². The molecule has 6 heteroatoms. The monoisotopic (exact) mass is 247 g/mol. The van der Waals surface area contributed by atoms with E-state index in [-0.39, 0.29) is 12.0 Å². The molecule has 0 aromatic carbocycles. The van der Waals surface area contributed by atoms with Crippen LogP contribution in [-0.2, 0) is 9.53 Å². The maximum atomic E-state index is 11.7. The molecule has 0 aliphatic carbocycles. The van der Waals surface area contributed by atoms with Gasteiger partial charge < -0.3 is 9.84 Å². The standard InChI is InChI=1S/C10H17NO4S/c1-6(2)7(3)15-10(14)11-5-16-4-8(11)9(12)13/h6-8H,4-5H2,1-3H3,(H,12,13)/t7?,8-/m1/s1. The van der Waals surface area contributed by atoms with Gasteiger partial charge in [0, 0.05) is 5.75 Å². The molecular weight excluding hydrogens is 230 g/mol. The molecule has 16 heavy (non-hydrogen) atoms. The van der Waals surface area contributed by atoms with Crippen molar-refractivity contribution in [2.24, 2.45) is 5.92 Å². The van der Waals surface area contributed by atoms with Crippen molar-refractivity contribution in [3.05, 3.63) is 0 Å². The van der Waals surface area contributed by atoms with E-state index in [1.54, 1.807) is 0 Å². The van der Waals surface area contributed by atoms with Crippen LogP contribution in [0, 0.1) is 5.92 Å². The molecule has 1 N–H and O–H groups in total. The zero-order chi connectivity index (χ0) is 12.3. The molecule has 1 amide bonds. The van der Waals surface area contributed by atoms with Crippen LogP contribution in [0.3, 0.4) is 0 Å². The molecule has 0 radical (unpaired) electrons. The number of carboxylic acids is 1. The zero-order valence-corrected chi connectivity index (χ0v) is 10.5. The predicted molar refractivity (Wildman–Crippen MR) is 61.4 cm³/mol. The molecule has 1 aliphatic rings. The number of hydrogen-bond acceptors (Lipinski definition) is 4. The lowest BCUT2D eigenvalue weighted by atomic mass is 10.1. The van der Waals surface area contributed by atoms with E-state index in [1.807, 2.05) is 20.8 Å². The first-order valence-corrected chi connectivity index (χ1v) is 6.36. The molecule has 1 heterocycles.